The fourth-order valence-electron chi connectivity index (χ4n) is 5.39. The fourth-order valence-corrected chi connectivity index (χ4v) is 5.39. The lowest BCUT2D eigenvalue weighted by atomic mass is 10.0. The predicted molar refractivity (Wildman–Crippen MR) is 135 cm³/mol. The van der Waals surface area contributed by atoms with Gasteiger partial charge in [0.15, 0.2) is 5.78 Å². The number of hydrogen-bond donors (Lipinski definition) is 0. The van der Waals surface area contributed by atoms with Crippen molar-refractivity contribution in [2.75, 3.05) is 0 Å². The molecule has 2 heterocycles. The highest BCUT2D eigenvalue weighted by molar-refractivity contribution is 5.95. The Bertz CT molecular complexity index is 1140. The van der Waals surface area contributed by atoms with Gasteiger partial charge < -0.3 is 0 Å². The Morgan fingerprint density at radius 1 is 0.500 bits per heavy atom. The zero-order valence-electron chi connectivity index (χ0n) is 19.1. The average Bonchev–Trinajstić information content (AvgIpc) is 3.80. The molecule has 6 atom stereocenters. The molecule has 0 radical (unpaired) electrons. The highest BCUT2D eigenvalue weighted by Gasteiger charge is 2.62. The van der Waals surface area contributed by atoms with Crippen molar-refractivity contribution >= 4 is 5.78 Å². The van der Waals surface area contributed by atoms with Gasteiger partial charge in [-0.25, -0.2) is 0 Å². The standard InChI is InChI=1S/C31H28N2O/c34-31(29-27(25-17-9-3-10-18-25)32(29)21-23-13-5-1-6-14-23)30-28(26-19-11-4-12-20-26)33(30)22-24-15-7-2-8-16-24/h1-20,27-30H,21-22H2/t27-,28+,29+,30-,32?,33?. The summed E-state index contributed by atoms with van der Waals surface area (Å²) in [4.78, 5) is 18.8. The number of benzene rings is 4. The molecule has 6 rings (SSSR count). The van der Waals surface area contributed by atoms with E-state index in [1.54, 1.807) is 0 Å². The van der Waals surface area contributed by atoms with Gasteiger partial charge in [0.1, 0.15) is 0 Å². The minimum Gasteiger partial charge on any atom is -0.296 e. The van der Waals surface area contributed by atoms with E-state index in [2.05, 4.69) is 107 Å². The summed E-state index contributed by atoms with van der Waals surface area (Å²) in [6, 6.07) is 42.0. The quantitative estimate of drug-likeness (QED) is 0.321. The molecular weight excluding hydrogens is 416 g/mol. The lowest BCUT2D eigenvalue weighted by Gasteiger charge is -2.05. The number of hydrogen-bond acceptors (Lipinski definition) is 3. The van der Waals surface area contributed by atoms with Crippen molar-refractivity contribution in [3.05, 3.63) is 144 Å². The van der Waals surface area contributed by atoms with E-state index in [1.165, 1.54) is 22.3 Å². The van der Waals surface area contributed by atoms with Gasteiger partial charge in [-0.3, -0.25) is 14.6 Å². The van der Waals surface area contributed by atoms with Gasteiger partial charge in [-0.05, 0) is 22.3 Å². The van der Waals surface area contributed by atoms with Crippen LogP contribution in [0.15, 0.2) is 121 Å². The van der Waals surface area contributed by atoms with E-state index in [0.29, 0.717) is 5.78 Å². The number of carbonyl (C=O) groups is 1. The van der Waals surface area contributed by atoms with Gasteiger partial charge in [-0.2, -0.15) is 0 Å². The summed E-state index contributed by atoms with van der Waals surface area (Å²) in [5.41, 5.74) is 4.94. The molecule has 2 unspecified atom stereocenters. The zero-order chi connectivity index (χ0) is 22.9. The Morgan fingerprint density at radius 2 is 0.824 bits per heavy atom. The Kier molecular flexibility index (Phi) is 5.58. The van der Waals surface area contributed by atoms with E-state index in [-0.39, 0.29) is 24.2 Å². The molecule has 4 aromatic rings. The monoisotopic (exact) mass is 444 g/mol. The summed E-state index contributed by atoms with van der Waals surface area (Å²) in [5, 5.41) is 0. The van der Waals surface area contributed by atoms with Crippen LogP contribution in [0.4, 0.5) is 0 Å². The van der Waals surface area contributed by atoms with Crippen LogP contribution in [0.25, 0.3) is 0 Å². The van der Waals surface area contributed by atoms with E-state index in [0.717, 1.165) is 13.1 Å². The fraction of sp³-hybridized carbons (Fsp3) is 0.194. The molecule has 168 valence electrons. The van der Waals surface area contributed by atoms with E-state index in [4.69, 9.17) is 0 Å². The Balaban J connectivity index is 1.28. The summed E-state index contributed by atoms with van der Waals surface area (Å²) in [7, 11) is 0. The predicted octanol–water partition coefficient (Wildman–Crippen LogP) is 5.81. The highest BCUT2D eigenvalue weighted by Crippen LogP contribution is 2.52. The van der Waals surface area contributed by atoms with Gasteiger partial charge >= 0.3 is 0 Å². The van der Waals surface area contributed by atoms with Crippen molar-refractivity contribution in [2.45, 2.75) is 37.3 Å². The third kappa shape index (κ3) is 4.09. The van der Waals surface area contributed by atoms with Crippen molar-refractivity contribution in [3.63, 3.8) is 0 Å². The molecule has 0 amide bonds. The zero-order valence-corrected chi connectivity index (χ0v) is 19.1. The first-order valence-corrected chi connectivity index (χ1v) is 12.0. The van der Waals surface area contributed by atoms with Crippen molar-refractivity contribution in [1.82, 2.24) is 9.80 Å². The number of ketones is 1. The van der Waals surface area contributed by atoms with Crippen molar-refractivity contribution in [2.24, 2.45) is 0 Å². The normalized spacial score (nSPS) is 27.2. The number of rotatable bonds is 8. The minimum absolute atomic E-state index is 0.0837. The van der Waals surface area contributed by atoms with Crippen LogP contribution in [-0.4, -0.2) is 27.7 Å². The smallest absolute Gasteiger partial charge is 0.170 e. The summed E-state index contributed by atoms with van der Waals surface area (Å²) in [6.07, 6.45) is 0. The molecule has 0 spiro atoms. The molecule has 34 heavy (non-hydrogen) atoms. The van der Waals surface area contributed by atoms with E-state index < -0.39 is 0 Å². The molecular formula is C31H28N2O. The maximum atomic E-state index is 14.1. The highest BCUT2D eigenvalue weighted by atomic mass is 16.1. The van der Waals surface area contributed by atoms with Crippen LogP contribution in [0.1, 0.15) is 34.3 Å². The topological polar surface area (TPSA) is 23.1 Å². The van der Waals surface area contributed by atoms with Gasteiger partial charge in [-0.1, -0.05) is 121 Å². The Labute approximate surface area is 201 Å². The van der Waals surface area contributed by atoms with Gasteiger partial charge in [0, 0.05) is 13.1 Å². The maximum Gasteiger partial charge on any atom is 0.170 e. The second-order valence-corrected chi connectivity index (χ2v) is 9.32. The Morgan fingerprint density at radius 3 is 1.18 bits per heavy atom. The third-order valence-corrected chi connectivity index (χ3v) is 7.13. The SMILES string of the molecule is O=C([C@@H]1[C@@H](c2ccccc2)N1Cc1ccccc1)[C@H]1[C@H](c2ccccc2)N1Cc1ccccc1. The Hall–Kier alpha value is -3.53. The minimum atomic E-state index is -0.0837. The van der Waals surface area contributed by atoms with Crippen molar-refractivity contribution < 1.29 is 4.79 Å². The van der Waals surface area contributed by atoms with Gasteiger partial charge in [-0.15, -0.1) is 0 Å². The van der Waals surface area contributed by atoms with Crippen LogP contribution in [0.5, 0.6) is 0 Å². The van der Waals surface area contributed by atoms with Crippen LogP contribution in [0.2, 0.25) is 0 Å². The van der Waals surface area contributed by atoms with Crippen LogP contribution < -0.4 is 0 Å². The molecule has 0 aromatic heterocycles. The first kappa shape index (κ1) is 21.0. The summed E-state index contributed by atoms with van der Waals surface area (Å²) < 4.78 is 0. The molecule has 0 N–H and O–H groups in total. The molecule has 2 saturated heterocycles. The van der Waals surface area contributed by atoms with E-state index >= 15 is 0 Å². The molecule has 2 aliphatic heterocycles. The van der Waals surface area contributed by atoms with E-state index in [9.17, 15) is 4.79 Å². The average molecular weight is 445 g/mol. The molecule has 3 heteroatoms. The second kappa shape index (κ2) is 9.02. The van der Waals surface area contributed by atoms with E-state index in [1.807, 2.05) is 24.3 Å². The summed E-state index contributed by atoms with van der Waals surface area (Å²) >= 11 is 0. The summed E-state index contributed by atoms with van der Waals surface area (Å²) in [5.74, 6) is 0.342. The van der Waals surface area contributed by atoms with Crippen LogP contribution in [-0.2, 0) is 17.9 Å². The van der Waals surface area contributed by atoms with Gasteiger partial charge in [0.2, 0.25) is 0 Å². The van der Waals surface area contributed by atoms with Crippen LogP contribution >= 0.6 is 0 Å². The number of carbonyl (C=O) groups excluding carboxylic acids is 1. The van der Waals surface area contributed by atoms with Gasteiger partial charge in [0.25, 0.3) is 0 Å². The first-order chi connectivity index (χ1) is 16.8. The maximum absolute atomic E-state index is 14.1. The summed E-state index contributed by atoms with van der Waals surface area (Å²) in [6.45, 7) is 1.58. The number of nitrogens with zero attached hydrogens (tertiary/aromatic N) is 2. The lowest BCUT2D eigenvalue weighted by Crippen LogP contribution is -2.22. The molecule has 0 aliphatic carbocycles. The van der Waals surface area contributed by atoms with Crippen molar-refractivity contribution in [1.29, 1.82) is 0 Å². The van der Waals surface area contributed by atoms with Crippen LogP contribution in [0, 0.1) is 0 Å². The van der Waals surface area contributed by atoms with Crippen LogP contribution in [0.3, 0.4) is 0 Å². The molecule has 0 bridgehead atoms. The third-order valence-electron chi connectivity index (χ3n) is 7.13. The molecule has 0 saturated carbocycles. The molecule has 2 fully saturated rings. The lowest BCUT2D eigenvalue weighted by molar-refractivity contribution is -0.119. The largest absolute Gasteiger partial charge is 0.296 e. The number of Topliss-reactive ketones (excluding diaryl/α,β-unsaturated/α-hetero) is 1. The second-order valence-electron chi connectivity index (χ2n) is 9.32. The first-order valence-electron chi connectivity index (χ1n) is 12.0. The molecule has 4 aromatic carbocycles. The molecule has 3 nitrogen and oxygen atoms in total. The van der Waals surface area contributed by atoms with Crippen molar-refractivity contribution in [3.8, 4) is 0 Å². The molecule has 2 aliphatic rings. The van der Waals surface area contributed by atoms with Gasteiger partial charge in [0.05, 0.1) is 24.2 Å².